The first-order valence-corrected chi connectivity index (χ1v) is 13.7. The summed E-state index contributed by atoms with van der Waals surface area (Å²) in [5.41, 5.74) is 0.407. The summed E-state index contributed by atoms with van der Waals surface area (Å²) >= 11 is 12.6. The number of hydrogen-bond acceptors (Lipinski definition) is 4. The molecule has 192 valence electrons. The van der Waals surface area contributed by atoms with Crippen LogP contribution < -0.4 is 9.62 Å². The summed E-state index contributed by atoms with van der Waals surface area (Å²) < 4.78 is 39.8. The van der Waals surface area contributed by atoms with Gasteiger partial charge in [0.05, 0.1) is 11.9 Å². The minimum absolute atomic E-state index is 0.00682. The molecular formula is C24H30Cl2FN3O4S. The summed E-state index contributed by atoms with van der Waals surface area (Å²) in [6.45, 7) is 5.10. The summed E-state index contributed by atoms with van der Waals surface area (Å²) in [5, 5.41) is 3.50. The fourth-order valence-electron chi connectivity index (χ4n) is 3.48. The predicted octanol–water partition coefficient (Wildman–Crippen LogP) is 4.62. The summed E-state index contributed by atoms with van der Waals surface area (Å²) in [7, 11) is -3.79. The van der Waals surface area contributed by atoms with Crippen LogP contribution in [-0.4, -0.2) is 50.0 Å². The first-order chi connectivity index (χ1) is 16.3. The van der Waals surface area contributed by atoms with Gasteiger partial charge in [-0.25, -0.2) is 12.8 Å². The number of hydrogen-bond donors (Lipinski definition) is 1. The molecule has 0 aliphatic heterocycles. The Hall–Kier alpha value is -2.36. The molecule has 0 aliphatic carbocycles. The van der Waals surface area contributed by atoms with Gasteiger partial charge in [-0.15, -0.1) is 0 Å². The largest absolute Gasteiger partial charge is 0.352 e. The van der Waals surface area contributed by atoms with Crippen LogP contribution in [0.3, 0.4) is 0 Å². The summed E-state index contributed by atoms with van der Waals surface area (Å²) in [6.07, 6.45) is 0.999. The molecule has 0 radical (unpaired) electrons. The molecule has 2 rings (SSSR count). The number of carbonyl (C=O) groups is 2. The first-order valence-electron chi connectivity index (χ1n) is 11.1. The third-order valence-corrected chi connectivity index (χ3v) is 7.15. The van der Waals surface area contributed by atoms with E-state index in [2.05, 4.69) is 5.32 Å². The number of benzene rings is 2. The van der Waals surface area contributed by atoms with Crippen LogP contribution in [0.1, 0.15) is 39.2 Å². The smallest absolute Gasteiger partial charge is 0.242 e. The number of nitrogens with one attached hydrogen (secondary N) is 1. The predicted molar refractivity (Wildman–Crippen MR) is 138 cm³/mol. The van der Waals surface area contributed by atoms with Crippen molar-refractivity contribution in [2.24, 2.45) is 0 Å². The number of anilines is 1. The molecular weight excluding hydrogens is 516 g/mol. The first kappa shape index (κ1) is 28.9. The molecule has 0 spiro atoms. The van der Waals surface area contributed by atoms with Gasteiger partial charge in [0.2, 0.25) is 21.8 Å². The van der Waals surface area contributed by atoms with Crippen molar-refractivity contribution in [2.45, 2.75) is 52.2 Å². The zero-order valence-electron chi connectivity index (χ0n) is 20.1. The van der Waals surface area contributed by atoms with E-state index in [1.807, 2.05) is 13.8 Å². The van der Waals surface area contributed by atoms with Crippen LogP contribution in [0.4, 0.5) is 10.1 Å². The topological polar surface area (TPSA) is 86.8 Å². The van der Waals surface area contributed by atoms with Crippen molar-refractivity contribution in [1.29, 1.82) is 0 Å². The Labute approximate surface area is 216 Å². The van der Waals surface area contributed by atoms with E-state index in [0.29, 0.717) is 15.6 Å². The maximum atomic E-state index is 14.3. The molecule has 2 amide bonds. The van der Waals surface area contributed by atoms with E-state index < -0.39 is 27.8 Å². The molecule has 0 heterocycles. The fourth-order valence-corrected chi connectivity index (χ4v) is 4.96. The number of amides is 2. The van der Waals surface area contributed by atoms with E-state index in [-0.39, 0.29) is 43.6 Å². The van der Waals surface area contributed by atoms with Gasteiger partial charge in [-0.05, 0) is 51.5 Å². The van der Waals surface area contributed by atoms with Gasteiger partial charge in [0.1, 0.15) is 11.9 Å². The molecule has 0 fully saturated rings. The second kappa shape index (κ2) is 12.6. The minimum Gasteiger partial charge on any atom is -0.352 e. The van der Waals surface area contributed by atoms with E-state index in [1.54, 1.807) is 25.1 Å². The second-order valence-corrected chi connectivity index (χ2v) is 11.2. The number of halogens is 3. The van der Waals surface area contributed by atoms with Crippen molar-refractivity contribution in [3.8, 4) is 0 Å². The van der Waals surface area contributed by atoms with Crippen LogP contribution in [0.5, 0.6) is 0 Å². The average molecular weight is 546 g/mol. The highest BCUT2D eigenvalue weighted by Crippen LogP contribution is 2.27. The van der Waals surface area contributed by atoms with Crippen molar-refractivity contribution in [3.63, 3.8) is 0 Å². The molecule has 0 saturated carbocycles. The van der Waals surface area contributed by atoms with Gasteiger partial charge >= 0.3 is 0 Å². The summed E-state index contributed by atoms with van der Waals surface area (Å²) in [4.78, 5) is 27.3. The van der Waals surface area contributed by atoms with Crippen LogP contribution in [0.15, 0.2) is 42.5 Å². The van der Waals surface area contributed by atoms with E-state index in [0.717, 1.165) is 10.6 Å². The lowest BCUT2D eigenvalue weighted by Crippen LogP contribution is -2.49. The Bertz CT molecular complexity index is 1140. The van der Waals surface area contributed by atoms with Gasteiger partial charge in [-0.1, -0.05) is 41.4 Å². The van der Waals surface area contributed by atoms with Crippen LogP contribution in [0, 0.1) is 5.82 Å². The molecule has 0 saturated heterocycles. The third-order valence-electron chi connectivity index (χ3n) is 5.26. The number of sulfonamides is 1. The molecule has 1 atom stereocenters. The monoisotopic (exact) mass is 545 g/mol. The lowest BCUT2D eigenvalue weighted by atomic mass is 10.1. The standard InChI is InChI=1S/C24H30Cl2FN3O4S/c1-16(2)28-24(32)17(3)29(15-18-19(25)9-7-10-20(18)26)23(31)13-8-14-30(35(4,33)34)22-12-6-5-11-21(22)27/h5-7,9-12,16-17H,8,13-15H2,1-4H3,(H,28,32)/t17-/m1/s1. The molecule has 0 aromatic heterocycles. The third kappa shape index (κ3) is 8.08. The Balaban J connectivity index is 2.24. The lowest BCUT2D eigenvalue weighted by Gasteiger charge is -2.30. The van der Waals surface area contributed by atoms with Crippen LogP contribution in [0.25, 0.3) is 0 Å². The zero-order valence-corrected chi connectivity index (χ0v) is 22.4. The molecule has 35 heavy (non-hydrogen) atoms. The molecule has 0 aliphatic rings. The number of rotatable bonds is 11. The number of para-hydroxylation sites is 1. The number of nitrogens with zero attached hydrogens (tertiary/aromatic N) is 2. The summed E-state index contributed by atoms with van der Waals surface area (Å²) in [6, 6.07) is 9.52. The Morgan fingerprint density at radius 3 is 2.17 bits per heavy atom. The van der Waals surface area contributed by atoms with Gasteiger partial charge in [-0.3, -0.25) is 13.9 Å². The quantitative estimate of drug-likeness (QED) is 0.446. The van der Waals surface area contributed by atoms with Crippen molar-refractivity contribution >= 4 is 50.7 Å². The fraction of sp³-hybridized carbons (Fsp3) is 0.417. The highest BCUT2D eigenvalue weighted by molar-refractivity contribution is 7.92. The zero-order chi connectivity index (χ0) is 26.3. The van der Waals surface area contributed by atoms with Crippen molar-refractivity contribution in [1.82, 2.24) is 10.2 Å². The van der Waals surface area contributed by atoms with Crippen LogP contribution in [-0.2, 0) is 26.2 Å². The average Bonchev–Trinajstić information content (AvgIpc) is 2.75. The van der Waals surface area contributed by atoms with Gasteiger partial charge in [0.15, 0.2) is 0 Å². The van der Waals surface area contributed by atoms with Crippen LogP contribution in [0.2, 0.25) is 10.0 Å². The van der Waals surface area contributed by atoms with E-state index in [9.17, 15) is 22.4 Å². The molecule has 1 N–H and O–H groups in total. The van der Waals surface area contributed by atoms with E-state index in [1.165, 1.54) is 29.2 Å². The SMILES string of the molecule is CC(C)NC(=O)[C@@H](C)N(Cc1c(Cl)cccc1Cl)C(=O)CCCN(c1ccccc1F)S(C)(=O)=O. The van der Waals surface area contributed by atoms with Gasteiger partial charge < -0.3 is 10.2 Å². The summed E-state index contributed by atoms with van der Waals surface area (Å²) in [5.74, 6) is -1.42. The van der Waals surface area contributed by atoms with Crippen molar-refractivity contribution in [3.05, 3.63) is 63.9 Å². The van der Waals surface area contributed by atoms with Crippen molar-refractivity contribution in [2.75, 3.05) is 17.1 Å². The van der Waals surface area contributed by atoms with Gasteiger partial charge in [-0.2, -0.15) is 0 Å². The van der Waals surface area contributed by atoms with Crippen LogP contribution >= 0.6 is 23.2 Å². The van der Waals surface area contributed by atoms with E-state index in [4.69, 9.17) is 23.2 Å². The van der Waals surface area contributed by atoms with Gasteiger partial charge in [0, 0.05) is 41.2 Å². The maximum Gasteiger partial charge on any atom is 0.242 e. The van der Waals surface area contributed by atoms with Gasteiger partial charge in [0.25, 0.3) is 0 Å². The van der Waals surface area contributed by atoms with E-state index >= 15 is 0 Å². The Morgan fingerprint density at radius 1 is 1.03 bits per heavy atom. The Morgan fingerprint density at radius 2 is 1.63 bits per heavy atom. The normalized spacial score (nSPS) is 12.3. The Kier molecular flexibility index (Phi) is 10.4. The molecule has 2 aromatic rings. The minimum atomic E-state index is -3.79. The highest BCUT2D eigenvalue weighted by Gasteiger charge is 2.28. The lowest BCUT2D eigenvalue weighted by molar-refractivity contribution is -0.140. The molecule has 0 bridgehead atoms. The molecule has 7 nitrogen and oxygen atoms in total. The van der Waals surface area contributed by atoms with Crippen molar-refractivity contribution < 1.29 is 22.4 Å². The second-order valence-electron chi connectivity index (χ2n) is 8.45. The number of carbonyl (C=O) groups excluding carboxylic acids is 2. The maximum absolute atomic E-state index is 14.3. The molecule has 0 unspecified atom stereocenters. The molecule has 11 heteroatoms. The molecule has 2 aromatic carbocycles. The highest BCUT2D eigenvalue weighted by atomic mass is 35.5.